The van der Waals surface area contributed by atoms with Crippen molar-refractivity contribution in [1.29, 1.82) is 0 Å². The molecule has 0 aliphatic carbocycles. The third kappa shape index (κ3) is 6.46. The number of thioether (sulfide) groups is 1. The number of hydrogen-bond acceptors (Lipinski definition) is 5. The van der Waals surface area contributed by atoms with Crippen molar-refractivity contribution in [3.8, 4) is 0 Å². The summed E-state index contributed by atoms with van der Waals surface area (Å²) >= 11 is 1.60. The van der Waals surface area contributed by atoms with Crippen molar-refractivity contribution < 1.29 is 9.90 Å². The van der Waals surface area contributed by atoms with Crippen LogP contribution in [0.2, 0.25) is 0 Å². The SMILES string of the molecule is CN1CCCC1c1cccnc1.CSCCC(N)C(=O)O. The van der Waals surface area contributed by atoms with Gasteiger partial charge in [-0.3, -0.25) is 14.7 Å². The number of aromatic nitrogens is 1. The van der Waals surface area contributed by atoms with Crippen LogP contribution in [0.15, 0.2) is 24.5 Å². The molecule has 1 fully saturated rings. The minimum absolute atomic E-state index is 0.552. The van der Waals surface area contributed by atoms with Crippen LogP contribution in [0.1, 0.15) is 30.9 Å². The summed E-state index contributed by atoms with van der Waals surface area (Å²) in [6.45, 7) is 1.22. The number of pyridine rings is 1. The molecule has 0 amide bonds. The van der Waals surface area contributed by atoms with E-state index in [-0.39, 0.29) is 0 Å². The highest BCUT2D eigenvalue weighted by Crippen LogP contribution is 2.29. The normalized spacial score (nSPS) is 19.7. The summed E-state index contributed by atoms with van der Waals surface area (Å²) in [4.78, 5) is 16.6. The van der Waals surface area contributed by atoms with Gasteiger partial charge < -0.3 is 10.8 Å². The summed E-state index contributed by atoms with van der Waals surface area (Å²) in [7, 11) is 2.19. The first-order chi connectivity index (χ1) is 10.1. The number of carbonyl (C=O) groups is 1. The minimum atomic E-state index is -0.913. The highest BCUT2D eigenvalue weighted by molar-refractivity contribution is 7.98. The van der Waals surface area contributed by atoms with Crippen LogP contribution in [0.3, 0.4) is 0 Å². The molecule has 2 heterocycles. The van der Waals surface area contributed by atoms with Gasteiger partial charge in [-0.05, 0) is 56.5 Å². The molecule has 5 nitrogen and oxygen atoms in total. The summed E-state index contributed by atoms with van der Waals surface area (Å²) in [6, 6.07) is 4.11. The van der Waals surface area contributed by atoms with Crippen LogP contribution >= 0.6 is 11.8 Å². The fourth-order valence-electron chi connectivity index (χ4n) is 2.27. The minimum Gasteiger partial charge on any atom is -0.480 e. The number of nitrogens with two attached hydrogens (primary N) is 1. The van der Waals surface area contributed by atoms with Crippen LogP contribution in [-0.4, -0.2) is 52.6 Å². The molecule has 3 N–H and O–H groups in total. The Balaban J connectivity index is 0.000000222. The van der Waals surface area contributed by atoms with Crippen LogP contribution < -0.4 is 5.73 Å². The molecule has 1 aromatic rings. The monoisotopic (exact) mass is 311 g/mol. The molecule has 118 valence electrons. The summed E-state index contributed by atoms with van der Waals surface area (Å²) < 4.78 is 0. The van der Waals surface area contributed by atoms with Crippen LogP contribution in [0.5, 0.6) is 0 Å². The lowest BCUT2D eigenvalue weighted by Gasteiger charge is -2.18. The molecule has 0 aromatic carbocycles. The van der Waals surface area contributed by atoms with E-state index in [1.807, 2.05) is 24.7 Å². The molecule has 1 aliphatic rings. The molecule has 2 rings (SSSR count). The number of rotatable bonds is 5. The number of carboxylic acids is 1. The van der Waals surface area contributed by atoms with Gasteiger partial charge in [0.1, 0.15) is 6.04 Å². The van der Waals surface area contributed by atoms with Crippen molar-refractivity contribution in [3.05, 3.63) is 30.1 Å². The lowest BCUT2D eigenvalue weighted by atomic mass is 10.1. The van der Waals surface area contributed by atoms with Gasteiger partial charge in [0.25, 0.3) is 0 Å². The van der Waals surface area contributed by atoms with Crippen LogP contribution in [0.25, 0.3) is 0 Å². The standard InChI is InChI=1S/C10H14N2.C5H11NO2S/c1-12-7-3-5-10(12)9-4-2-6-11-8-9;1-9-3-2-4(6)5(7)8/h2,4,6,8,10H,3,5,7H2,1H3;4H,2-3,6H2,1H3,(H,7,8). The fraction of sp³-hybridized carbons (Fsp3) is 0.600. The zero-order chi connectivity index (χ0) is 15.7. The second-order valence-corrected chi connectivity index (χ2v) is 6.14. The maximum atomic E-state index is 10.1. The zero-order valence-corrected chi connectivity index (χ0v) is 13.6. The van der Waals surface area contributed by atoms with Crippen molar-refractivity contribution in [1.82, 2.24) is 9.88 Å². The third-order valence-corrected chi connectivity index (χ3v) is 4.18. The Hall–Kier alpha value is -1.11. The first kappa shape index (κ1) is 17.9. The Morgan fingerprint density at radius 2 is 2.43 bits per heavy atom. The first-order valence-electron chi connectivity index (χ1n) is 7.13. The number of likely N-dealkylation sites (tertiary alicyclic amines) is 1. The summed E-state index contributed by atoms with van der Waals surface area (Å²) in [5.41, 5.74) is 6.55. The van der Waals surface area contributed by atoms with E-state index >= 15 is 0 Å². The molecule has 0 bridgehead atoms. The topological polar surface area (TPSA) is 79.5 Å². The number of nitrogens with zero attached hydrogens (tertiary/aromatic N) is 2. The molecular formula is C15H25N3O2S. The lowest BCUT2D eigenvalue weighted by molar-refractivity contribution is -0.138. The average molecular weight is 311 g/mol. The molecule has 0 radical (unpaired) electrons. The smallest absolute Gasteiger partial charge is 0.320 e. The lowest BCUT2D eigenvalue weighted by Crippen LogP contribution is -2.30. The summed E-state index contributed by atoms with van der Waals surface area (Å²) in [6.07, 6.45) is 8.88. The van der Waals surface area contributed by atoms with Crippen molar-refractivity contribution in [2.45, 2.75) is 31.3 Å². The highest BCUT2D eigenvalue weighted by Gasteiger charge is 2.21. The van der Waals surface area contributed by atoms with Gasteiger partial charge in [-0.25, -0.2) is 0 Å². The molecule has 21 heavy (non-hydrogen) atoms. The Labute approximate surface area is 130 Å². The van der Waals surface area contributed by atoms with Gasteiger partial charge >= 0.3 is 5.97 Å². The molecule has 6 heteroatoms. The van der Waals surface area contributed by atoms with E-state index in [4.69, 9.17) is 10.8 Å². The van der Waals surface area contributed by atoms with Crippen molar-refractivity contribution in [2.24, 2.45) is 5.73 Å². The van der Waals surface area contributed by atoms with E-state index in [1.165, 1.54) is 24.9 Å². The predicted molar refractivity (Wildman–Crippen MR) is 87.5 cm³/mol. The van der Waals surface area contributed by atoms with E-state index in [0.29, 0.717) is 12.5 Å². The summed E-state index contributed by atoms with van der Waals surface area (Å²) in [5, 5.41) is 8.27. The second kappa shape index (κ2) is 9.76. The fourth-order valence-corrected chi connectivity index (χ4v) is 2.76. The molecule has 1 aromatic heterocycles. The molecule has 2 atom stereocenters. The van der Waals surface area contributed by atoms with E-state index in [0.717, 1.165) is 5.75 Å². The largest absolute Gasteiger partial charge is 0.480 e. The van der Waals surface area contributed by atoms with Gasteiger partial charge in [0.05, 0.1) is 0 Å². The average Bonchev–Trinajstić information content (AvgIpc) is 2.92. The predicted octanol–water partition coefficient (Wildman–Crippen LogP) is 2.00. The summed E-state index contributed by atoms with van der Waals surface area (Å²) in [5.74, 6) is -0.1000. The maximum Gasteiger partial charge on any atom is 0.320 e. The van der Waals surface area contributed by atoms with Gasteiger partial charge in [0.2, 0.25) is 0 Å². The highest BCUT2D eigenvalue weighted by atomic mass is 32.2. The van der Waals surface area contributed by atoms with Gasteiger partial charge in [-0.1, -0.05) is 6.07 Å². The molecule has 2 unspecified atom stereocenters. The Morgan fingerprint density at radius 1 is 1.67 bits per heavy atom. The second-order valence-electron chi connectivity index (χ2n) is 5.15. The quantitative estimate of drug-likeness (QED) is 0.866. The van der Waals surface area contributed by atoms with Crippen LogP contribution in [0, 0.1) is 0 Å². The van der Waals surface area contributed by atoms with Crippen molar-refractivity contribution >= 4 is 17.7 Å². The molecule has 0 spiro atoms. The Morgan fingerprint density at radius 3 is 2.90 bits per heavy atom. The van der Waals surface area contributed by atoms with Gasteiger partial charge in [0, 0.05) is 18.4 Å². The Bertz CT molecular complexity index is 417. The van der Waals surface area contributed by atoms with E-state index in [9.17, 15) is 4.79 Å². The molecule has 0 saturated carbocycles. The maximum absolute atomic E-state index is 10.1. The molecule has 1 aliphatic heterocycles. The van der Waals surface area contributed by atoms with Gasteiger partial charge in [-0.15, -0.1) is 0 Å². The third-order valence-electron chi connectivity index (χ3n) is 3.54. The molecule has 1 saturated heterocycles. The zero-order valence-electron chi connectivity index (χ0n) is 12.7. The van der Waals surface area contributed by atoms with Gasteiger partial charge in [-0.2, -0.15) is 11.8 Å². The van der Waals surface area contributed by atoms with E-state index < -0.39 is 12.0 Å². The van der Waals surface area contributed by atoms with Crippen LogP contribution in [0.4, 0.5) is 0 Å². The first-order valence-corrected chi connectivity index (χ1v) is 8.53. The van der Waals surface area contributed by atoms with Crippen molar-refractivity contribution in [2.75, 3.05) is 25.6 Å². The van der Waals surface area contributed by atoms with Crippen molar-refractivity contribution in [3.63, 3.8) is 0 Å². The Kier molecular flexibility index (Phi) is 8.34. The number of aliphatic carboxylic acids is 1. The number of carboxylic acid groups (broad SMARTS) is 1. The van der Waals surface area contributed by atoms with Gasteiger partial charge in [0.15, 0.2) is 0 Å². The van der Waals surface area contributed by atoms with E-state index in [1.54, 1.807) is 11.8 Å². The van der Waals surface area contributed by atoms with E-state index in [2.05, 4.69) is 23.0 Å². The molecular weight excluding hydrogens is 286 g/mol. The van der Waals surface area contributed by atoms with Crippen LogP contribution in [-0.2, 0) is 4.79 Å². The number of hydrogen-bond donors (Lipinski definition) is 2.